The highest BCUT2D eigenvalue weighted by molar-refractivity contribution is 5.92. The van der Waals surface area contributed by atoms with Gasteiger partial charge >= 0.3 is 0 Å². The minimum atomic E-state index is -0.129. The van der Waals surface area contributed by atoms with E-state index in [4.69, 9.17) is 4.74 Å². The molecule has 0 atom stereocenters. The smallest absolute Gasteiger partial charge is 0.227 e. The van der Waals surface area contributed by atoms with Crippen LogP contribution in [0.15, 0.2) is 36.9 Å². The number of amides is 1. The molecule has 3 heterocycles. The lowest BCUT2D eigenvalue weighted by Crippen LogP contribution is -2.16. The molecule has 0 fully saturated rings. The third-order valence-electron chi connectivity index (χ3n) is 3.70. The molecule has 130 valence electrons. The number of aryl methyl sites for hydroxylation is 1. The minimum Gasteiger partial charge on any atom is -0.378 e. The van der Waals surface area contributed by atoms with Gasteiger partial charge in [0.1, 0.15) is 5.82 Å². The van der Waals surface area contributed by atoms with Crippen molar-refractivity contribution < 1.29 is 9.53 Å². The molecule has 0 radical (unpaired) electrons. The Balaban J connectivity index is 1.77. The number of anilines is 1. The Kier molecular flexibility index (Phi) is 5.04. The van der Waals surface area contributed by atoms with E-state index < -0.39 is 0 Å². The maximum atomic E-state index is 12.0. The fourth-order valence-corrected chi connectivity index (χ4v) is 2.42. The Hall–Kier alpha value is -2.80. The van der Waals surface area contributed by atoms with Crippen LogP contribution >= 0.6 is 0 Å². The number of carbonyl (C=O) groups excluding carboxylic acids is 1. The summed E-state index contributed by atoms with van der Waals surface area (Å²) in [6.07, 6.45) is 5.61. The van der Waals surface area contributed by atoms with E-state index in [1.165, 1.54) is 0 Å². The van der Waals surface area contributed by atoms with Gasteiger partial charge in [-0.05, 0) is 26.0 Å². The predicted molar refractivity (Wildman–Crippen MR) is 96.1 cm³/mol. The van der Waals surface area contributed by atoms with Crippen LogP contribution < -0.4 is 5.32 Å². The molecular weight excluding hydrogens is 318 g/mol. The molecule has 0 spiro atoms. The van der Waals surface area contributed by atoms with Crippen molar-refractivity contribution in [2.24, 2.45) is 7.05 Å². The zero-order valence-electron chi connectivity index (χ0n) is 14.6. The second-order valence-electron chi connectivity index (χ2n) is 6.07. The SMILES string of the molecule is CC(C)OCCC(=O)Nc1cc2nc(-c3cncn3C)ccc2cn1. The van der Waals surface area contributed by atoms with Gasteiger partial charge in [0, 0.05) is 24.7 Å². The molecule has 7 heteroatoms. The van der Waals surface area contributed by atoms with Gasteiger partial charge in [0.05, 0.1) is 48.6 Å². The minimum absolute atomic E-state index is 0.112. The summed E-state index contributed by atoms with van der Waals surface area (Å²) in [6.45, 7) is 4.27. The van der Waals surface area contributed by atoms with E-state index >= 15 is 0 Å². The average Bonchev–Trinajstić information content (AvgIpc) is 3.00. The van der Waals surface area contributed by atoms with E-state index in [0.29, 0.717) is 18.8 Å². The summed E-state index contributed by atoms with van der Waals surface area (Å²) >= 11 is 0. The van der Waals surface area contributed by atoms with Gasteiger partial charge in [-0.2, -0.15) is 0 Å². The number of pyridine rings is 2. The molecular formula is C18H21N5O2. The highest BCUT2D eigenvalue weighted by Gasteiger charge is 2.08. The Morgan fingerprint density at radius 3 is 2.88 bits per heavy atom. The average molecular weight is 339 g/mol. The number of hydrogen-bond acceptors (Lipinski definition) is 5. The summed E-state index contributed by atoms with van der Waals surface area (Å²) in [5.74, 6) is 0.354. The van der Waals surface area contributed by atoms with Crippen LogP contribution in [-0.2, 0) is 16.6 Å². The third kappa shape index (κ3) is 4.19. The van der Waals surface area contributed by atoms with Crippen LogP contribution in [0, 0.1) is 0 Å². The standard InChI is InChI=1S/C18H21N5O2/c1-12(2)25-7-6-18(24)22-17-8-15-13(9-20-17)4-5-14(21-15)16-10-19-11-23(16)3/h4-5,8-12H,6-7H2,1-3H3,(H,20,22,24). The van der Waals surface area contributed by atoms with Crippen LogP contribution in [0.3, 0.4) is 0 Å². The molecule has 1 N–H and O–H groups in total. The van der Waals surface area contributed by atoms with Crippen LogP contribution in [0.5, 0.6) is 0 Å². The summed E-state index contributed by atoms with van der Waals surface area (Å²) in [5.41, 5.74) is 2.51. The number of carbonyl (C=O) groups is 1. The quantitative estimate of drug-likeness (QED) is 0.747. The van der Waals surface area contributed by atoms with Crippen molar-refractivity contribution in [3.8, 4) is 11.4 Å². The van der Waals surface area contributed by atoms with Gasteiger partial charge in [-0.25, -0.2) is 15.0 Å². The van der Waals surface area contributed by atoms with Crippen LogP contribution in [0.4, 0.5) is 5.82 Å². The summed E-state index contributed by atoms with van der Waals surface area (Å²) in [6, 6.07) is 5.67. The molecule has 25 heavy (non-hydrogen) atoms. The Morgan fingerprint density at radius 2 is 2.16 bits per heavy atom. The van der Waals surface area contributed by atoms with Crippen molar-refractivity contribution in [1.29, 1.82) is 0 Å². The van der Waals surface area contributed by atoms with Crippen molar-refractivity contribution in [3.05, 3.63) is 36.9 Å². The number of aromatic nitrogens is 4. The zero-order valence-corrected chi connectivity index (χ0v) is 14.6. The van der Waals surface area contributed by atoms with Crippen molar-refractivity contribution in [1.82, 2.24) is 19.5 Å². The number of nitrogens with zero attached hydrogens (tertiary/aromatic N) is 4. The zero-order chi connectivity index (χ0) is 17.8. The van der Waals surface area contributed by atoms with E-state index in [-0.39, 0.29) is 12.0 Å². The second kappa shape index (κ2) is 7.40. The molecule has 0 aliphatic heterocycles. The Labute approximate surface area is 146 Å². The molecule has 3 rings (SSSR count). The number of hydrogen-bond donors (Lipinski definition) is 1. The predicted octanol–water partition coefficient (Wildman–Crippen LogP) is 2.78. The van der Waals surface area contributed by atoms with Crippen LogP contribution in [0.25, 0.3) is 22.3 Å². The molecule has 0 aliphatic carbocycles. The summed E-state index contributed by atoms with van der Waals surface area (Å²) < 4.78 is 7.30. The summed E-state index contributed by atoms with van der Waals surface area (Å²) in [7, 11) is 1.92. The topological polar surface area (TPSA) is 81.9 Å². The lowest BCUT2D eigenvalue weighted by Gasteiger charge is -2.08. The largest absolute Gasteiger partial charge is 0.378 e. The first-order chi connectivity index (χ1) is 12.0. The maximum absolute atomic E-state index is 12.0. The third-order valence-corrected chi connectivity index (χ3v) is 3.70. The second-order valence-corrected chi connectivity index (χ2v) is 6.07. The fraction of sp³-hybridized carbons (Fsp3) is 0.333. The normalized spacial score (nSPS) is 11.2. The van der Waals surface area contributed by atoms with Crippen LogP contribution in [-0.4, -0.2) is 38.1 Å². The molecule has 3 aromatic rings. The number of rotatable bonds is 6. The maximum Gasteiger partial charge on any atom is 0.227 e. The number of nitrogens with one attached hydrogen (secondary N) is 1. The van der Waals surface area contributed by atoms with E-state index in [1.54, 1.807) is 24.8 Å². The molecule has 0 bridgehead atoms. The van der Waals surface area contributed by atoms with Gasteiger partial charge < -0.3 is 14.6 Å². The van der Waals surface area contributed by atoms with Crippen LogP contribution in [0.2, 0.25) is 0 Å². The molecule has 0 saturated heterocycles. The first kappa shape index (κ1) is 17.0. The van der Waals surface area contributed by atoms with Gasteiger partial charge in [-0.3, -0.25) is 4.79 Å². The molecule has 0 saturated carbocycles. The van der Waals surface area contributed by atoms with Gasteiger partial charge in [-0.15, -0.1) is 0 Å². The van der Waals surface area contributed by atoms with Gasteiger partial charge in [0.15, 0.2) is 0 Å². The van der Waals surface area contributed by atoms with E-state index in [0.717, 1.165) is 22.3 Å². The molecule has 0 aromatic carbocycles. The highest BCUT2D eigenvalue weighted by Crippen LogP contribution is 2.21. The molecule has 3 aromatic heterocycles. The fourth-order valence-electron chi connectivity index (χ4n) is 2.42. The molecule has 7 nitrogen and oxygen atoms in total. The van der Waals surface area contributed by atoms with Crippen molar-refractivity contribution in [2.75, 3.05) is 11.9 Å². The van der Waals surface area contributed by atoms with Crippen LogP contribution in [0.1, 0.15) is 20.3 Å². The van der Waals surface area contributed by atoms with Gasteiger partial charge in [-0.1, -0.05) is 0 Å². The number of ether oxygens (including phenoxy) is 1. The van der Waals surface area contributed by atoms with Gasteiger partial charge in [0.2, 0.25) is 5.91 Å². The molecule has 1 amide bonds. The lowest BCUT2D eigenvalue weighted by molar-refractivity contribution is -0.117. The Bertz CT molecular complexity index is 888. The van der Waals surface area contributed by atoms with Crippen molar-refractivity contribution >= 4 is 22.6 Å². The van der Waals surface area contributed by atoms with Crippen molar-refractivity contribution in [2.45, 2.75) is 26.4 Å². The lowest BCUT2D eigenvalue weighted by atomic mass is 10.2. The summed E-state index contributed by atoms with van der Waals surface area (Å²) in [5, 5.41) is 3.70. The first-order valence-electron chi connectivity index (χ1n) is 8.18. The summed E-state index contributed by atoms with van der Waals surface area (Å²) in [4.78, 5) is 25.0. The van der Waals surface area contributed by atoms with E-state index in [2.05, 4.69) is 20.3 Å². The molecule has 0 unspecified atom stereocenters. The highest BCUT2D eigenvalue weighted by atomic mass is 16.5. The number of imidazole rings is 1. The first-order valence-corrected chi connectivity index (χ1v) is 8.18. The number of fused-ring (bicyclic) bond motifs is 1. The molecule has 0 aliphatic rings. The van der Waals surface area contributed by atoms with E-state index in [1.807, 2.05) is 37.6 Å². The van der Waals surface area contributed by atoms with Gasteiger partial charge in [0.25, 0.3) is 0 Å². The monoisotopic (exact) mass is 339 g/mol. The Morgan fingerprint density at radius 1 is 1.32 bits per heavy atom. The van der Waals surface area contributed by atoms with Crippen molar-refractivity contribution in [3.63, 3.8) is 0 Å². The van der Waals surface area contributed by atoms with E-state index in [9.17, 15) is 4.79 Å².